The first kappa shape index (κ1) is 10.2. The Morgan fingerprint density at radius 3 is 2.86 bits per heavy atom. The number of aryl methyl sites for hydroxylation is 1. The summed E-state index contributed by atoms with van der Waals surface area (Å²) in [7, 11) is 0. The second kappa shape index (κ2) is 4.94. The van der Waals surface area contributed by atoms with Gasteiger partial charge in [0.15, 0.2) is 0 Å². The summed E-state index contributed by atoms with van der Waals surface area (Å²) in [6, 6.07) is 7.69. The van der Waals surface area contributed by atoms with Gasteiger partial charge in [0.25, 0.3) is 0 Å². The predicted octanol–water partition coefficient (Wildman–Crippen LogP) is 2.30. The van der Waals surface area contributed by atoms with Crippen LogP contribution in [0.2, 0.25) is 0 Å². The van der Waals surface area contributed by atoms with Crippen LogP contribution in [0.3, 0.4) is 0 Å². The van der Waals surface area contributed by atoms with Gasteiger partial charge in [-0.15, -0.1) is 5.92 Å². The highest BCUT2D eigenvalue weighted by Crippen LogP contribution is 2.15. The van der Waals surface area contributed by atoms with Crippen LogP contribution in [0.5, 0.6) is 0 Å². The molecule has 1 N–H and O–H groups in total. The first-order valence-corrected chi connectivity index (χ1v) is 4.42. The highest BCUT2D eigenvalue weighted by Gasteiger charge is 1.97. The van der Waals surface area contributed by atoms with Gasteiger partial charge in [-0.3, -0.25) is 0 Å². The molecule has 0 fully saturated rings. The Balaban J connectivity index is 2.83. The molecular weight excluding hydrogens is 172 g/mol. The van der Waals surface area contributed by atoms with Crippen molar-refractivity contribution < 1.29 is 0 Å². The maximum Gasteiger partial charge on any atom is 0.0992 e. The fourth-order valence-electron chi connectivity index (χ4n) is 1.11. The van der Waals surface area contributed by atoms with Crippen molar-refractivity contribution in [2.24, 2.45) is 0 Å². The Kier molecular flexibility index (Phi) is 3.58. The van der Waals surface area contributed by atoms with Gasteiger partial charge in [-0.1, -0.05) is 12.0 Å². The second-order valence-corrected chi connectivity index (χ2v) is 2.92. The molecule has 1 aromatic carbocycles. The van der Waals surface area contributed by atoms with Gasteiger partial charge in [0.1, 0.15) is 0 Å². The minimum Gasteiger partial charge on any atom is -0.374 e. The predicted molar refractivity (Wildman–Crippen MR) is 57.8 cm³/mol. The van der Waals surface area contributed by atoms with Crippen molar-refractivity contribution in [3.05, 3.63) is 29.3 Å². The van der Waals surface area contributed by atoms with Gasteiger partial charge in [0.2, 0.25) is 0 Å². The zero-order valence-electron chi connectivity index (χ0n) is 8.39. The molecule has 1 rings (SSSR count). The third-order valence-electron chi connectivity index (χ3n) is 1.91. The summed E-state index contributed by atoms with van der Waals surface area (Å²) in [4.78, 5) is 0. The molecule has 0 amide bonds. The molecule has 70 valence electrons. The van der Waals surface area contributed by atoms with Crippen molar-refractivity contribution in [2.75, 3.05) is 11.9 Å². The maximum atomic E-state index is 8.72. The highest BCUT2D eigenvalue weighted by atomic mass is 14.9. The summed E-state index contributed by atoms with van der Waals surface area (Å²) in [5.41, 5.74) is 2.77. The lowest BCUT2D eigenvalue weighted by molar-refractivity contribution is 1.32. The van der Waals surface area contributed by atoms with Crippen LogP contribution in [-0.2, 0) is 0 Å². The van der Waals surface area contributed by atoms with E-state index < -0.39 is 0 Å². The van der Waals surface area contributed by atoms with E-state index in [2.05, 4.69) is 23.2 Å². The van der Waals surface area contributed by atoms with E-state index >= 15 is 0 Å². The fourth-order valence-corrected chi connectivity index (χ4v) is 1.11. The molecule has 0 aliphatic rings. The molecule has 0 spiro atoms. The summed E-state index contributed by atoms with van der Waals surface area (Å²) < 4.78 is 0. The molecule has 0 bridgehead atoms. The van der Waals surface area contributed by atoms with Gasteiger partial charge in [0, 0.05) is 5.69 Å². The first-order valence-electron chi connectivity index (χ1n) is 4.42. The maximum absolute atomic E-state index is 8.72. The molecule has 0 aromatic heterocycles. The van der Waals surface area contributed by atoms with Crippen molar-refractivity contribution in [3.8, 4) is 17.9 Å². The summed E-state index contributed by atoms with van der Waals surface area (Å²) in [5.74, 6) is 5.73. The van der Waals surface area contributed by atoms with E-state index in [0.717, 1.165) is 11.3 Å². The van der Waals surface area contributed by atoms with E-state index in [1.54, 1.807) is 6.92 Å². The van der Waals surface area contributed by atoms with Crippen molar-refractivity contribution in [1.82, 2.24) is 0 Å². The Morgan fingerprint density at radius 2 is 2.21 bits per heavy atom. The number of nitriles is 1. The molecule has 0 saturated heterocycles. The number of hydrogen-bond acceptors (Lipinski definition) is 2. The van der Waals surface area contributed by atoms with Gasteiger partial charge in [-0.05, 0) is 31.5 Å². The molecular formula is C12H12N2. The molecule has 14 heavy (non-hydrogen) atoms. The molecule has 0 radical (unpaired) electrons. The average molecular weight is 184 g/mol. The van der Waals surface area contributed by atoms with Gasteiger partial charge >= 0.3 is 0 Å². The van der Waals surface area contributed by atoms with Crippen LogP contribution < -0.4 is 5.32 Å². The summed E-state index contributed by atoms with van der Waals surface area (Å²) in [6.45, 7) is 4.43. The summed E-state index contributed by atoms with van der Waals surface area (Å²) in [6.07, 6.45) is 0. The molecule has 0 heterocycles. The minimum absolute atomic E-state index is 0.617. The number of nitrogens with zero attached hydrogens (tertiary/aromatic N) is 1. The monoisotopic (exact) mass is 184 g/mol. The number of hydrogen-bond donors (Lipinski definition) is 1. The van der Waals surface area contributed by atoms with Crippen molar-refractivity contribution in [3.63, 3.8) is 0 Å². The molecule has 0 aliphatic carbocycles. The van der Waals surface area contributed by atoms with Crippen LogP contribution >= 0.6 is 0 Å². The van der Waals surface area contributed by atoms with Crippen molar-refractivity contribution in [1.29, 1.82) is 5.26 Å². The summed E-state index contributed by atoms with van der Waals surface area (Å²) in [5, 5.41) is 11.9. The third kappa shape index (κ3) is 2.54. The highest BCUT2D eigenvalue weighted by molar-refractivity contribution is 5.55. The number of rotatable bonds is 2. The van der Waals surface area contributed by atoms with E-state index in [1.165, 1.54) is 0 Å². The van der Waals surface area contributed by atoms with Crippen LogP contribution in [0.1, 0.15) is 18.1 Å². The van der Waals surface area contributed by atoms with Crippen LogP contribution in [0.25, 0.3) is 0 Å². The largest absolute Gasteiger partial charge is 0.374 e. The molecule has 2 nitrogen and oxygen atoms in total. The standard InChI is InChI=1S/C12H12N2/c1-3-4-7-14-12-8-11(9-13)6-5-10(12)2/h5-6,8,14H,7H2,1-2H3. The summed E-state index contributed by atoms with van der Waals surface area (Å²) >= 11 is 0. The zero-order chi connectivity index (χ0) is 10.4. The van der Waals surface area contributed by atoms with E-state index in [1.807, 2.05) is 25.1 Å². The van der Waals surface area contributed by atoms with Gasteiger partial charge in [0.05, 0.1) is 18.2 Å². The Hall–Kier alpha value is -1.93. The van der Waals surface area contributed by atoms with E-state index in [-0.39, 0.29) is 0 Å². The van der Waals surface area contributed by atoms with Crippen LogP contribution in [0.4, 0.5) is 5.69 Å². The number of benzene rings is 1. The van der Waals surface area contributed by atoms with Gasteiger partial charge in [-0.2, -0.15) is 5.26 Å². The number of nitrogens with one attached hydrogen (secondary N) is 1. The Bertz CT molecular complexity index is 416. The lowest BCUT2D eigenvalue weighted by Crippen LogP contribution is -2.00. The van der Waals surface area contributed by atoms with Gasteiger partial charge < -0.3 is 5.32 Å². The SMILES string of the molecule is CC#CCNc1cc(C#N)ccc1C. The fraction of sp³-hybridized carbons (Fsp3) is 0.250. The Morgan fingerprint density at radius 1 is 1.43 bits per heavy atom. The molecule has 2 heteroatoms. The van der Waals surface area contributed by atoms with E-state index in [0.29, 0.717) is 12.1 Å². The minimum atomic E-state index is 0.617. The smallest absolute Gasteiger partial charge is 0.0992 e. The lowest BCUT2D eigenvalue weighted by atomic mass is 10.1. The number of anilines is 1. The van der Waals surface area contributed by atoms with Crippen LogP contribution in [0.15, 0.2) is 18.2 Å². The molecule has 0 atom stereocenters. The average Bonchev–Trinajstić information content (AvgIpc) is 2.21. The van der Waals surface area contributed by atoms with Crippen molar-refractivity contribution >= 4 is 5.69 Å². The van der Waals surface area contributed by atoms with E-state index in [4.69, 9.17) is 5.26 Å². The quantitative estimate of drug-likeness (QED) is 0.716. The molecule has 0 aliphatic heterocycles. The molecule has 1 aromatic rings. The van der Waals surface area contributed by atoms with Crippen LogP contribution in [-0.4, -0.2) is 6.54 Å². The zero-order valence-corrected chi connectivity index (χ0v) is 8.39. The van der Waals surface area contributed by atoms with Crippen LogP contribution in [0, 0.1) is 30.1 Å². The van der Waals surface area contributed by atoms with Gasteiger partial charge in [-0.25, -0.2) is 0 Å². The topological polar surface area (TPSA) is 35.8 Å². The second-order valence-electron chi connectivity index (χ2n) is 2.92. The van der Waals surface area contributed by atoms with E-state index in [9.17, 15) is 0 Å². The Labute approximate surface area is 84.6 Å². The first-order chi connectivity index (χ1) is 6.77. The molecule has 0 unspecified atom stereocenters. The third-order valence-corrected chi connectivity index (χ3v) is 1.91. The molecule has 0 saturated carbocycles. The lowest BCUT2D eigenvalue weighted by Gasteiger charge is -2.06. The normalized spacial score (nSPS) is 8.36. The van der Waals surface area contributed by atoms with Crippen molar-refractivity contribution in [2.45, 2.75) is 13.8 Å².